The van der Waals surface area contributed by atoms with Crippen LogP contribution >= 0.6 is 0 Å². The molecule has 2 heteroatoms. The normalized spacial score (nSPS) is 11.9. The first-order valence-electron chi connectivity index (χ1n) is 5.17. The topological polar surface area (TPSA) is 24.7 Å². The third-order valence-corrected chi connectivity index (χ3v) is 1.96. The summed E-state index contributed by atoms with van der Waals surface area (Å²) in [4.78, 5) is 0. The Hall–Kier alpha value is -0.920. The van der Waals surface area contributed by atoms with Gasteiger partial charge in [-0.05, 0) is 24.7 Å². The maximum Gasteiger partial charge on any atom is 0.0652 e. The van der Waals surface area contributed by atoms with Gasteiger partial charge in [-0.25, -0.2) is 0 Å². The third-order valence-electron chi connectivity index (χ3n) is 1.96. The third kappa shape index (κ3) is 7.71. The van der Waals surface area contributed by atoms with Crippen molar-refractivity contribution in [1.29, 1.82) is 0 Å². The minimum absolute atomic E-state index is 0.198. The lowest BCUT2D eigenvalue weighted by Crippen LogP contribution is -2.13. The van der Waals surface area contributed by atoms with Crippen LogP contribution in [-0.2, 0) is 0 Å². The maximum absolute atomic E-state index is 4.18. The summed E-state index contributed by atoms with van der Waals surface area (Å²) in [6, 6.07) is 0. The molecule has 0 aliphatic carbocycles. The molecule has 0 aromatic heterocycles. The van der Waals surface area contributed by atoms with Crippen molar-refractivity contribution in [2.24, 2.45) is 15.6 Å². The summed E-state index contributed by atoms with van der Waals surface area (Å²) < 4.78 is 0. The van der Waals surface area contributed by atoms with E-state index in [-0.39, 0.29) is 5.41 Å². The number of nitrogens with zero attached hydrogens (tertiary/aromatic N) is 2. The number of hydrogen-bond acceptors (Lipinski definition) is 2. The Morgan fingerprint density at radius 1 is 1.14 bits per heavy atom. The van der Waals surface area contributed by atoms with E-state index in [0.29, 0.717) is 0 Å². The molecule has 2 nitrogen and oxygen atoms in total. The molecule has 0 spiro atoms. The molecule has 0 saturated heterocycles. The van der Waals surface area contributed by atoms with Gasteiger partial charge in [-0.2, -0.15) is 10.2 Å². The highest BCUT2D eigenvalue weighted by Gasteiger charge is 2.14. The number of rotatable bonds is 8. The van der Waals surface area contributed by atoms with Gasteiger partial charge in [-0.3, -0.25) is 0 Å². The minimum Gasteiger partial charge on any atom is -0.194 e. The minimum atomic E-state index is 0.198. The fraction of sp³-hybridized carbons (Fsp3) is 0.667. The molecule has 0 aromatic rings. The average Bonchev–Trinajstić information content (AvgIpc) is 2.11. The summed E-state index contributed by atoms with van der Waals surface area (Å²) in [6.07, 6.45) is 6.91. The lowest BCUT2D eigenvalue weighted by Gasteiger charge is -2.18. The molecule has 0 amide bonds. The molecular weight excluding hydrogens is 172 g/mol. The van der Waals surface area contributed by atoms with Gasteiger partial charge in [0.1, 0.15) is 0 Å². The van der Waals surface area contributed by atoms with E-state index in [9.17, 15) is 0 Å². The summed E-state index contributed by atoms with van der Waals surface area (Å²) in [7, 11) is 0. The molecule has 0 unspecified atom stereocenters. The van der Waals surface area contributed by atoms with Crippen LogP contribution in [0.2, 0.25) is 0 Å². The van der Waals surface area contributed by atoms with Gasteiger partial charge >= 0.3 is 0 Å². The molecule has 0 aliphatic heterocycles. The van der Waals surface area contributed by atoms with E-state index in [1.807, 2.05) is 12.2 Å². The largest absolute Gasteiger partial charge is 0.194 e. The molecule has 80 valence electrons. The van der Waals surface area contributed by atoms with Crippen molar-refractivity contribution in [3.63, 3.8) is 0 Å². The number of hydrogen-bond donors (Lipinski definition) is 0. The molecule has 0 N–H and O–H groups in total. The van der Waals surface area contributed by atoms with E-state index in [0.717, 1.165) is 32.4 Å². The lowest BCUT2D eigenvalue weighted by atomic mass is 9.90. The summed E-state index contributed by atoms with van der Waals surface area (Å²) in [5.74, 6) is 0. The number of azo groups is 1. The Bertz CT molecular complexity index is 192. The van der Waals surface area contributed by atoms with Crippen LogP contribution < -0.4 is 0 Å². The van der Waals surface area contributed by atoms with Crippen LogP contribution in [0, 0.1) is 5.41 Å². The van der Waals surface area contributed by atoms with Gasteiger partial charge in [-0.15, -0.1) is 13.2 Å². The van der Waals surface area contributed by atoms with Gasteiger partial charge in [-0.1, -0.05) is 26.0 Å². The summed E-state index contributed by atoms with van der Waals surface area (Å²) in [5.41, 5.74) is 0.198. The average molecular weight is 194 g/mol. The van der Waals surface area contributed by atoms with Crippen molar-refractivity contribution in [2.45, 2.75) is 33.1 Å². The van der Waals surface area contributed by atoms with Crippen LogP contribution in [0.1, 0.15) is 33.1 Å². The van der Waals surface area contributed by atoms with Crippen LogP contribution in [0.15, 0.2) is 35.5 Å². The first-order valence-corrected chi connectivity index (χ1v) is 5.17. The molecule has 0 rings (SSSR count). The Morgan fingerprint density at radius 3 is 2.43 bits per heavy atom. The van der Waals surface area contributed by atoms with Crippen LogP contribution in [0.4, 0.5) is 0 Å². The van der Waals surface area contributed by atoms with Crippen molar-refractivity contribution >= 4 is 0 Å². The molecule has 14 heavy (non-hydrogen) atoms. The maximum atomic E-state index is 4.18. The highest BCUT2D eigenvalue weighted by molar-refractivity contribution is 4.80. The van der Waals surface area contributed by atoms with E-state index in [4.69, 9.17) is 0 Å². The molecule has 0 atom stereocenters. The Kier molecular flexibility index (Phi) is 6.99. The van der Waals surface area contributed by atoms with Gasteiger partial charge < -0.3 is 0 Å². The first-order chi connectivity index (χ1) is 6.62. The van der Waals surface area contributed by atoms with Crippen LogP contribution in [0.3, 0.4) is 0 Å². The predicted molar refractivity (Wildman–Crippen MR) is 62.6 cm³/mol. The Morgan fingerprint density at radius 2 is 1.86 bits per heavy atom. The molecule has 0 aliphatic rings. The summed E-state index contributed by atoms with van der Waals surface area (Å²) in [6.45, 7) is 13.3. The van der Waals surface area contributed by atoms with Gasteiger partial charge in [0.25, 0.3) is 0 Å². The first kappa shape index (κ1) is 13.1. The van der Waals surface area contributed by atoms with E-state index >= 15 is 0 Å². The van der Waals surface area contributed by atoms with Gasteiger partial charge in [0, 0.05) is 0 Å². The van der Waals surface area contributed by atoms with E-state index in [1.165, 1.54) is 0 Å². The van der Waals surface area contributed by atoms with Crippen LogP contribution in [0.25, 0.3) is 0 Å². The lowest BCUT2D eigenvalue weighted by molar-refractivity contribution is 0.378. The number of allylic oxidation sites excluding steroid dienone is 2. The highest BCUT2D eigenvalue weighted by atomic mass is 15.1. The molecule has 0 fully saturated rings. The quantitative estimate of drug-likeness (QED) is 0.317. The van der Waals surface area contributed by atoms with Crippen molar-refractivity contribution < 1.29 is 0 Å². The zero-order chi connectivity index (χ0) is 10.9. The fourth-order valence-corrected chi connectivity index (χ4v) is 1.07. The molecule has 0 saturated carbocycles. The second-order valence-corrected chi connectivity index (χ2v) is 4.25. The molecule has 0 heterocycles. The standard InChI is InChI=1S/C12H22N2/c1-5-7-8-10-13-14-11-12(3,4)9-6-2/h5-6H,1-2,7-11H2,3-4H3. The van der Waals surface area contributed by atoms with Crippen molar-refractivity contribution in [2.75, 3.05) is 13.1 Å². The highest BCUT2D eigenvalue weighted by Crippen LogP contribution is 2.20. The Balaban J connectivity index is 3.58. The monoisotopic (exact) mass is 194 g/mol. The molecular formula is C12H22N2. The second-order valence-electron chi connectivity index (χ2n) is 4.25. The smallest absolute Gasteiger partial charge is 0.0652 e. The summed E-state index contributed by atoms with van der Waals surface area (Å²) in [5, 5.41) is 8.30. The van der Waals surface area contributed by atoms with E-state index < -0.39 is 0 Å². The van der Waals surface area contributed by atoms with Gasteiger partial charge in [0.05, 0.1) is 13.1 Å². The molecule has 0 bridgehead atoms. The SMILES string of the molecule is C=CCCCN=NCC(C)(C)CC=C. The van der Waals surface area contributed by atoms with Crippen LogP contribution in [-0.4, -0.2) is 13.1 Å². The van der Waals surface area contributed by atoms with E-state index in [1.54, 1.807) is 0 Å². The van der Waals surface area contributed by atoms with Crippen molar-refractivity contribution in [1.82, 2.24) is 0 Å². The van der Waals surface area contributed by atoms with Crippen molar-refractivity contribution in [3.05, 3.63) is 25.3 Å². The fourth-order valence-electron chi connectivity index (χ4n) is 1.07. The van der Waals surface area contributed by atoms with Crippen molar-refractivity contribution in [3.8, 4) is 0 Å². The zero-order valence-corrected chi connectivity index (χ0v) is 9.50. The molecule has 0 aromatic carbocycles. The van der Waals surface area contributed by atoms with Gasteiger partial charge in [0.15, 0.2) is 0 Å². The van der Waals surface area contributed by atoms with Gasteiger partial charge in [0.2, 0.25) is 0 Å². The molecule has 0 radical (unpaired) electrons. The second kappa shape index (κ2) is 7.48. The van der Waals surface area contributed by atoms with E-state index in [2.05, 4.69) is 37.2 Å². The van der Waals surface area contributed by atoms with Crippen LogP contribution in [0.5, 0.6) is 0 Å². The Labute approximate surface area is 87.8 Å². The predicted octanol–water partition coefficient (Wildman–Crippen LogP) is 4.01. The summed E-state index contributed by atoms with van der Waals surface area (Å²) >= 11 is 0. The zero-order valence-electron chi connectivity index (χ0n) is 9.50. The number of unbranched alkanes of at least 4 members (excludes halogenated alkanes) is 1.